The molecule has 0 bridgehead atoms. The monoisotopic (exact) mass is 366 g/mol. The molecule has 1 aliphatic heterocycles. The Morgan fingerprint density at radius 3 is 2.81 bits per heavy atom. The summed E-state index contributed by atoms with van der Waals surface area (Å²) in [4.78, 5) is 15.5. The molecule has 2 aromatic carbocycles. The number of aromatic amines is 1. The van der Waals surface area contributed by atoms with Crippen LogP contribution in [0.25, 0.3) is 10.9 Å². The maximum Gasteiger partial charge on any atom is 0.220 e. The molecule has 0 saturated carbocycles. The molecule has 2 atom stereocenters. The van der Waals surface area contributed by atoms with Gasteiger partial charge in [-0.3, -0.25) is 10.2 Å². The molecule has 27 heavy (non-hydrogen) atoms. The van der Waals surface area contributed by atoms with Crippen LogP contribution in [0.1, 0.15) is 23.6 Å². The molecule has 2 heterocycles. The van der Waals surface area contributed by atoms with Crippen LogP contribution in [-0.2, 0) is 11.2 Å². The van der Waals surface area contributed by atoms with E-state index >= 15 is 0 Å². The summed E-state index contributed by atoms with van der Waals surface area (Å²) in [6, 6.07) is 14.7. The third-order valence-electron chi connectivity index (χ3n) is 5.18. The summed E-state index contributed by atoms with van der Waals surface area (Å²) in [6.45, 7) is 1.33. The van der Waals surface area contributed by atoms with Crippen molar-refractivity contribution in [1.82, 2.24) is 21.2 Å². The highest BCUT2D eigenvalue weighted by atomic mass is 19.1. The predicted molar refractivity (Wildman–Crippen MR) is 103 cm³/mol. The van der Waals surface area contributed by atoms with Gasteiger partial charge in [-0.2, -0.15) is 0 Å². The lowest BCUT2D eigenvalue weighted by Gasteiger charge is -2.19. The summed E-state index contributed by atoms with van der Waals surface area (Å²) in [5, 5.41) is 4.22. The molecule has 1 fully saturated rings. The number of benzene rings is 2. The van der Waals surface area contributed by atoms with Crippen LogP contribution in [0.5, 0.6) is 0 Å². The SMILES string of the molecule is O=C(CCc1c[nH]c2ccccc12)NCC1CNNC1c1ccc(F)cc1. The van der Waals surface area contributed by atoms with Crippen LogP contribution in [0.15, 0.2) is 54.7 Å². The number of para-hydroxylation sites is 1. The van der Waals surface area contributed by atoms with Gasteiger partial charge in [-0.1, -0.05) is 30.3 Å². The average molecular weight is 366 g/mol. The van der Waals surface area contributed by atoms with Crippen LogP contribution in [-0.4, -0.2) is 24.0 Å². The fraction of sp³-hybridized carbons (Fsp3) is 0.286. The molecule has 1 aromatic heterocycles. The molecule has 6 heteroatoms. The van der Waals surface area contributed by atoms with Crippen molar-refractivity contribution in [2.24, 2.45) is 5.92 Å². The number of hydrogen-bond donors (Lipinski definition) is 4. The zero-order valence-electron chi connectivity index (χ0n) is 15.0. The molecule has 0 radical (unpaired) electrons. The molecule has 140 valence electrons. The first-order valence-corrected chi connectivity index (χ1v) is 9.26. The third-order valence-corrected chi connectivity index (χ3v) is 5.18. The van der Waals surface area contributed by atoms with E-state index in [-0.39, 0.29) is 23.7 Å². The Bertz CT molecular complexity index is 921. The molecule has 2 unspecified atom stereocenters. The molecule has 1 saturated heterocycles. The lowest BCUT2D eigenvalue weighted by molar-refractivity contribution is -0.121. The van der Waals surface area contributed by atoms with Gasteiger partial charge in [-0.15, -0.1) is 0 Å². The fourth-order valence-corrected chi connectivity index (χ4v) is 3.67. The van der Waals surface area contributed by atoms with Gasteiger partial charge in [-0.25, -0.2) is 9.82 Å². The van der Waals surface area contributed by atoms with Gasteiger partial charge < -0.3 is 10.3 Å². The van der Waals surface area contributed by atoms with E-state index in [4.69, 9.17) is 0 Å². The highest BCUT2D eigenvalue weighted by Crippen LogP contribution is 2.24. The largest absolute Gasteiger partial charge is 0.361 e. The number of fused-ring (bicyclic) bond motifs is 1. The zero-order valence-corrected chi connectivity index (χ0v) is 15.0. The number of aromatic nitrogens is 1. The van der Waals surface area contributed by atoms with Crippen LogP contribution in [0.4, 0.5) is 4.39 Å². The van der Waals surface area contributed by atoms with Crippen LogP contribution in [0, 0.1) is 11.7 Å². The first-order valence-electron chi connectivity index (χ1n) is 9.26. The number of hydrogen-bond acceptors (Lipinski definition) is 3. The van der Waals surface area contributed by atoms with E-state index in [0.717, 1.165) is 23.2 Å². The molecule has 5 nitrogen and oxygen atoms in total. The second-order valence-corrected chi connectivity index (χ2v) is 6.98. The average Bonchev–Trinajstić information content (AvgIpc) is 3.32. The standard InChI is InChI=1S/C21H23FN4O/c22-17-8-5-14(6-9-17)21-16(13-25-26-21)12-24-20(27)10-7-15-11-23-19-4-2-1-3-18(15)19/h1-6,8-9,11,16,21,23,25-26H,7,10,12-13H2,(H,24,27). The van der Waals surface area contributed by atoms with Crippen molar-refractivity contribution >= 4 is 16.8 Å². The number of amides is 1. The Hall–Kier alpha value is -2.70. The van der Waals surface area contributed by atoms with Crippen molar-refractivity contribution in [1.29, 1.82) is 0 Å². The maximum atomic E-state index is 13.1. The van der Waals surface area contributed by atoms with Crippen molar-refractivity contribution in [3.8, 4) is 0 Å². The van der Waals surface area contributed by atoms with Crippen molar-refractivity contribution in [2.45, 2.75) is 18.9 Å². The van der Waals surface area contributed by atoms with Crippen LogP contribution < -0.4 is 16.2 Å². The van der Waals surface area contributed by atoms with Crippen molar-refractivity contribution < 1.29 is 9.18 Å². The summed E-state index contributed by atoms with van der Waals surface area (Å²) in [7, 11) is 0. The molecule has 3 aromatic rings. The number of halogens is 1. The molecule has 0 aliphatic carbocycles. The highest BCUT2D eigenvalue weighted by molar-refractivity contribution is 5.84. The zero-order chi connectivity index (χ0) is 18.6. The van der Waals surface area contributed by atoms with Gasteiger partial charge in [-0.05, 0) is 35.7 Å². The second-order valence-electron chi connectivity index (χ2n) is 6.98. The van der Waals surface area contributed by atoms with Crippen LogP contribution in [0.3, 0.4) is 0 Å². The molecule has 1 aliphatic rings. The minimum absolute atomic E-state index is 0.0463. The lowest BCUT2D eigenvalue weighted by Crippen LogP contribution is -2.32. The van der Waals surface area contributed by atoms with Gasteiger partial charge in [0.15, 0.2) is 0 Å². The van der Waals surface area contributed by atoms with E-state index in [9.17, 15) is 9.18 Å². The Kier molecular flexibility index (Phi) is 5.18. The Morgan fingerprint density at radius 2 is 1.96 bits per heavy atom. The number of carbonyl (C=O) groups excluding carboxylic acids is 1. The van der Waals surface area contributed by atoms with Crippen LogP contribution in [0.2, 0.25) is 0 Å². The first kappa shape index (κ1) is 17.7. The van der Waals surface area contributed by atoms with Gasteiger partial charge >= 0.3 is 0 Å². The summed E-state index contributed by atoms with van der Waals surface area (Å²) in [5.74, 6) is 0.0179. The van der Waals surface area contributed by atoms with Gasteiger partial charge in [0.1, 0.15) is 5.82 Å². The molecule has 4 N–H and O–H groups in total. The maximum absolute atomic E-state index is 13.1. The van der Waals surface area contributed by atoms with E-state index in [0.29, 0.717) is 19.4 Å². The smallest absolute Gasteiger partial charge is 0.220 e. The van der Waals surface area contributed by atoms with Crippen molar-refractivity contribution in [3.05, 3.63) is 71.7 Å². The minimum atomic E-state index is -0.244. The molecule has 1 amide bonds. The van der Waals surface area contributed by atoms with E-state index < -0.39 is 0 Å². The van der Waals surface area contributed by atoms with Crippen molar-refractivity contribution in [3.63, 3.8) is 0 Å². The minimum Gasteiger partial charge on any atom is -0.361 e. The number of hydrazine groups is 1. The lowest BCUT2D eigenvalue weighted by atomic mass is 9.95. The Morgan fingerprint density at radius 1 is 1.15 bits per heavy atom. The normalized spacial score (nSPS) is 19.4. The van der Waals surface area contributed by atoms with Crippen molar-refractivity contribution in [2.75, 3.05) is 13.1 Å². The van der Waals surface area contributed by atoms with Crippen LogP contribution >= 0.6 is 0 Å². The van der Waals surface area contributed by atoms with Gasteiger partial charge in [0, 0.05) is 42.5 Å². The number of nitrogens with one attached hydrogen (secondary N) is 4. The first-order chi connectivity index (χ1) is 13.2. The quantitative estimate of drug-likeness (QED) is 0.542. The fourth-order valence-electron chi connectivity index (χ4n) is 3.67. The Labute approximate surface area is 157 Å². The van der Waals surface area contributed by atoms with E-state index in [1.807, 2.05) is 24.4 Å². The molecule has 0 spiro atoms. The van der Waals surface area contributed by atoms with E-state index in [2.05, 4.69) is 27.2 Å². The third kappa shape index (κ3) is 4.02. The number of carbonyl (C=O) groups is 1. The molecule has 4 rings (SSSR count). The van der Waals surface area contributed by atoms with Gasteiger partial charge in [0.2, 0.25) is 5.91 Å². The van der Waals surface area contributed by atoms with E-state index in [1.165, 1.54) is 17.5 Å². The topological polar surface area (TPSA) is 69.0 Å². The van der Waals surface area contributed by atoms with Gasteiger partial charge in [0.25, 0.3) is 0 Å². The summed E-state index contributed by atoms with van der Waals surface area (Å²) < 4.78 is 13.1. The summed E-state index contributed by atoms with van der Waals surface area (Å²) in [5.41, 5.74) is 9.62. The van der Waals surface area contributed by atoms with E-state index in [1.54, 1.807) is 12.1 Å². The molecular weight excluding hydrogens is 343 g/mol. The number of aryl methyl sites for hydroxylation is 1. The van der Waals surface area contributed by atoms with Gasteiger partial charge in [0.05, 0.1) is 6.04 Å². The predicted octanol–water partition coefficient (Wildman–Crippen LogP) is 2.82. The molecular formula is C21H23FN4O. The number of H-pyrrole nitrogens is 1. The summed E-state index contributed by atoms with van der Waals surface area (Å²) >= 11 is 0. The summed E-state index contributed by atoms with van der Waals surface area (Å²) in [6.07, 6.45) is 3.14. The number of rotatable bonds is 6. The second kappa shape index (κ2) is 7.90. The Balaban J connectivity index is 1.30. The highest BCUT2D eigenvalue weighted by Gasteiger charge is 2.28.